The van der Waals surface area contributed by atoms with Crippen molar-refractivity contribution in [3.63, 3.8) is 0 Å². The van der Waals surface area contributed by atoms with E-state index in [0.717, 1.165) is 16.3 Å². The Bertz CT molecular complexity index is 750. The van der Waals surface area contributed by atoms with E-state index in [-0.39, 0.29) is 5.91 Å². The van der Waals surface area contributed by atoms with Crippen LogP contribution in [0.1, 0.15) is 21.9 Å². The molecule has 1 aromatic carbocycles. The maximum atomic E-state index is 12.1. The zero-order valence-corrected chi connectivity index (χ0v) is 12.1. The third-order valence-electron chi connectivity index (χ3n) is 2.87. The van der Waals surface area contributed by atoms with E-state index in [1.54, 1.807) is 17.4 Å². The van der Waals surface area contributed by atoms with Crippen LogP contribution in [0.15, 0.2) is 36.0 Å². The molecule has 0 fully saturated rings. The van der Waals surface area contributed by atoms with Crippen LogP contribution >= 0.6 is 11.3 Å². The van der Waals surface area contributed by atoms with Crippen molar-refractivity contribution in [3.05, 3.63) is 53.1 Å². The molecule has 6 nitrogen and oxygen atoms in total. The Morgan fingerprint density at radius 2 is 2.33 bits per heavy atom. The number of benzene rings is 1. The molecule has 2 aromatic heterocycles. The van der Waals surface area contributed by atoms with Crippen molar-refractivity contribution in [2.45, 2.75) is 13.5 Å². The van der Waals surface area contributed by atoms with E-state index in [1.807, 2.05) is 30.5 Å². The second-order valence-corrected chi connectivity index (χ2v) is 5.35. The molecule has 0 bridgehead atoms. The first kappa shape index (κ1) is 13.4. The van der Waals surface area contributed by atoms with E-state index in [4.69, 9.17) is 0 Å². The lowest BCUT2D eigenvalue weighted by Gasteiger charge is -2.04. The molecule has 0 aliphatic carbocycles. The van der Waals surface area contributed by atoms with Crippen molar-refractivity contribution in [1.29, 1.82) is 0 Å². The molecule has 2 heterocycles. The molecule has 1 amide bonds. The van der Waals surface area contributed by atoms with E-state index < -0.39 is 0 Å². The van der Waals surface area contributed by atoms with Crippen molar-refractivity contribution in [1.82, 2.24) is 25.5 Å². The number of aromatic amines is 1. The number of H-pyrrole nitrogens is 1. The molecule has 0 atom stereocenters. The number of thiazole rings is 1. The highest BCUT2D eigenvalue weighted by atomic mass is 32.1. The normalized spacial score (nSPS) is 10.5. The number of hydrogen-bond acceptors (Lipinski definition) is 5. The van der Waals surface area contributed by atoms with E-state index in [0.29, 0.717) is 17.9 Å². The van der Waals surface area contributed by atoms with Gasteiger partial charge >= 0.3 is 0 Å². The van der Waals surface area contributed by atoms with Gasteiger partial charge in [0.25, 0.3) is 5.91 Å². The molecule has 0 aliphatic heterocycles. The minimum atomic E-state index is -0.151. The van der Waals surface area contributed by atoms with Crippen LogP contribution in [-0.2, 0) is 6.54 Å². The van der Waals surface area contributed by atoms with Gasteiger partial charge < -0.3 is 5.32 Å². The monoisotopic (exact) mass is 299 g/mol. The van der Waals surface area contributed by atoms with Crippen molar-refractivity contribution in [2.75, 3.05) is 0 Å². The van der Waals surface area contributed by atoms with Crippen molar-refractivity contribution < 1.29 is 4.79 Å². The van der Waals surface area contributed by atoms with Gasteiger partial charge in [0, 0.05) is 22.2 Å². The third kappa shape index (κ3) is 3.14. The van der Waals surface area contributed by atoms with Gasteiger partial charge in [0.2, 0.25) is 0 Å². The van der Waals surface area contributed by atoms with Crippen LogP contribution in [0.4, 0.5) is 0 Å². The largest absolute Gasteiger partial charge is 0.345 e. The zero-order chi connectivity index (χ0) is 14.7. The molecule has 0 unspecified atom stereocenters. The Morgan fingerprint density at radius 3 is 3.05 bits per heavy atom. The SMILES string of the molecule is Cc1csc(-c2cccc(C(=O)NCc3ncn[nH]3)c2)n1. The molecular formula is C14H13N5OS. The van der Waals surface area contributed by atoms with E-state index >= 15 is 0 Å². The molecule has 0 spiro atoms. The van der Waals surface area contributed by atoms with E-state index in [2.05, 4.69) is 25.5 Å². The highest BCUT2D eigenvalue weighted by Gasteiger charge is 2.09. The van der Waals surface area contributed by atoms with Crippen molar-refractivity contribution in [2.24, 2.45) is 0 Å². The van der Waals surface area contributed by atoms with Crippen LogP contribution in [0.2, 0.25) is 0 Å². The van der Waals surface area contributed by atoms with Gasteiger partial charge in [-0.15, -0.1) is 11.3 Å². The number of rotatable bonds is 4. The van der Waals surface area contributed by atoms with Gasteiger partial charge in [-0.1, -0.05) is 12.1 Å². The van der Waals surface area contributed by atoms with Crippen molar-refractivity contribution in [3.8, 4) is 10.6 Å². The highest BCUT2D eigenvalue weighted by molar-refractivity contribution is 7.13. The number of aryl methyl sites for hydroxylation is 1. The smallest absolute Gasteiger partial charge is 0.251 e. The molecule has 3 aromatic rings. The van der Waals surface area contributed by atoms with Crippen LogP contribution in [0.5, 0.6) is 0 Å². The van der Waals surface area contributed by atoms with Gasteiger partial charge in [-0.25, -0.2) is 9.97 Å². The number of hydrogen-bond donors (Lipinski definition) is 2. The number of carbonyl (C=O) groups is 1. The summed E-state index contributed by atoms with van der Waals surface area (Å²) in [4.78, 5) is 20.5. The molecule has 0 saturated carbocycles. The molecule has 21 heavy (non-hydrogen) atoms. The second kappa shape index (κ2) is 5.84. The first-order chi connectivity index (χ1) is 10.2. The summed E-state index contributed by atoms with van der Waals surface area (Å²) >= 11 is 1.57. The predicted molar refractivity (Wildman–Crippen MR) is 79.8 cm³/mol. The second-order valence-electron chi connectivity index (χ2n) is 4.49. The fourth-order valence-electron chi connectivity index (χ4n) is 1.86. The maximum absolute atomic E-state index is 12.1. The summed E-state index contributed by atoms with van der Waals surface area (Å²) in [6, 6.07) is 7.43. The van der Waals surface area contributed by atoms with Crippen molar-refractivity contribution >= 4 is 17.2 Å². The fraction of sp³-hybridized carbons (Fsp3) is 0.143. The molecular weight excluding hydrogens is 286 g/mol. The lowest BCUT2D eigenvalue weighted by Crippen LogP contribution is -2.23. The minimum Gasteiger partial charge on any atom is -0.345 e. The summed E-state index contributed by atoms with van der Waals surface area (Å²) in [5.41, 5.74) is 2.52. The lowest BCUT2D eigenvalue weighted by molar-refractivity contribution is 0.0950. The summed E-state index contributed by atoms with van der Waals surface area (Å²) in [6.07, 6.45) is 1.41. The summed E-state index contributed by atoms with van der Waals surface area (Å²) in [5, 5.41) is 12.1. The Balaban J connectivity index is 1.74. The maximum Gasteiger partial charge on any atom is 0.251 e. The van der Waals surface area contributed by atoms with Crippen LogP contribution in [-0.4, -0.2) is 26.1 Å². The standard InChI is InChI=1S/C14H13N5OS/c1-9-7-21-14(18-9)11-4-2-3-10(5-11)13(20)15-6-12-16-8-17-19-12/h2-5,7-8H,6H2,1H3,(H,15,20)(H,16,17,19). The first-order valence-electron chi connectivity index (χ1n) is 6.37. The quantitative estimate of drug-likeness (QED) is 0.773. The Kier molecular flexibility index (Phi) is 3.74. The molecule has 106 valence electrons. The molecule has 0 radical (unpaired) electrons. The van der Waals surface area contributed by atoms with Gasteiger partial charge in [-0.05, 0) is 19.1 Å². The number of carbonyl (C=O) groups excluding carboxylic acids is 1. The average molecular weight is 299 g/mol. The highest BCUT2D eigenvalue weighted by Crippen LogP contribution is 2.24. The van der Waals surface area contributed by atoms with Gasteiger partial charge in [-0.2, -0.15) is 5.10 Å². The topological polar surface area (TPSA) is 83.6 Å². The Morgan fingerprint density at radius 1 is 1.43 bits per heavy atom. The fourth-order valence-corrected chi connectivity index (χ4v) is 2.66. The summed E-state index contributed by atoms with van der Waals surface area (Å²) in [6.45, 7) is 2.27. The zero-order valence-electron chi connectivity index (χ0n) is 11.3. The van der Waals surface area contributed by atoms with Crippen LogP contribution in [0.25, 0.3) is 10.6 Å². The first-order valence-corrected chi connectivity index (χ1v) is 7.25. The van der Waals surface area contributed by atoms with Crippen LogP contribution in [0.3, 0.4) is 0 Å². The van der Waals surface area contributed by atoms with Gasteiger partial charge in [0.15, 0.2) is 0 Å². The average Bonchev–Trinajstić information content (AvgIpc) is 3.16. The number of amides is 1. The summed E-state index contributed by atoms with van der Waals surface area (Å²) in [5.74, 6) is 0.469. The van der Waals surface area contributed by atoms with Crippen LogP contribution < -0.4 is 5.32 Å². The molecule has 0 aliphatic rings. The third-order valence-corrected chi connectivity index (χ3v) is 3.88. The van der Waals surface area contributed by atoms with E-state index in [9.17, 15) is 4.79 Å². The van der Waals surface area contributed by atoms with Gasteiger partial charge in [-0.3, -0.25) is 9.89 Å². The molecule has 7 heteroatoms. The van der Waals surface area contributed by atoms with Gasteiger partial charge in [0.1, 0.15) is 17.2 Å². The summed E-state index contributed by atoms with van der Waals surface area (Å²) < 4.78 is 0. The summed E-state index contributed by atoms with van der Waals surface area (Å²) in [7, 11) is 0. The minimum absolute atomic E-state index is 0.151. The van der Waals surface area contributed by atoms with E-state index in [1.165, 1.54) is 6.33 Å². The van der Waals surface area contributed by atoms with Crippen LogP contribution in [0, 0.1) is 6.92 Å². The molecule has 0 saturated heterocycles. The predicted octanol–water partition coefficient (Wildman–Crippen LogP) is 2.17. The number of nitrogens with one attached hydrogen (secondary N) is 2. The number of aromatic nitrogens is 4. The number of nitrogens with zero attached hydrogens (tertiary/aromatic N) is 3. The van der Waals surface area contributed by atoms with Gasteiger partial charge in [0.05, 0.1) is 6.54 Å². The molecule has 3 rings (SSSR count). The Hall–Kier alpha value is -2.54. The lowest BCUT2D eigenvalue weighted by atomic mass is 10.1. The molecule has 2 N–H and O–H groups in total. The Labute approximate surface area is 125 Å².